The van der Waals surface area contributed by atoms with Gasteiger partial charge in [-0.05, 0) is 43.9 Å². The average molecular weight is 297 g/mol. The Morgan fingerprint density at radius 1 is 1.45 bits per heavy atom. The smallest absolute Gasteiger partial charge is 0.335 e. The van der Waals surface area contributed by atoms with E-state index < -0.39 is 5.97 Å². The van der Waals surface area contributed by atoms with Crippen LogP contribution in [0.15, 0.2) is 18.2 Å². The zero-order chi connectivity index (χ0) is 14.9. The van der Waals surface area contributed by atoms with Gasteiger partial charge in [-0.25, -0.2) is 9.59 Å². The molecule has 1 aliphatic carbocycles. The molecule has 0 spiro atoms. The Morgan fingerprint density at radius 2 is 2.10 bits per heavy atom. The van der Waals surface area contributed by atoms with E-state index in [1.165, 1.54) is 18.2 Å². The summed E-state index contributed by atoms with van der Waals surface area (Å²) in [5.41, 5.74) is 0.504. The number of aromatic carboxylic acids is 1. The van der Waals surface area contributed by atoms with Gasteiger partial charge in [-0.1, -0.05) is 11.6 Å². The van der Waals surface area contributed by atoms with Gasteiger partial charge < -0.3 is 15.3 Å². The molecule has 0 heterocycles. The largest absolute Gasteiger partial charge is 0.478 e. The number of carboxylic acid groups (broad SMARTS) is 1. The molecule has 20 heavy (non-hydrogen) atoms. The first-order valence-corrected chi connectivity index (χ1v) is 6.84. The molecule has 2 amide bonds. The highest BCUT2D eigenvalue weighted by molar-refractivity contribution is 6.34. The minimum Gasteiger partial charge on any atom is -0.478 e. The van der Waals surface area contributed by atoms with Crippen LogP contribution in [0.1, 0.15) is 30.1 Å². The minimum atomic E-state index is -1.05. The summed E-state index contributed by atoms with van der Waals surface area (Å²) in [6, 6.07) is 4.18. The van der Waals surface area contributed by atoms with Crippen LogP contribution in [0.25, 0.3) is 0 Å². The van der Waals surface area contributed by atoms with Crippen LogP contribution < -0.4 is 5.32 Å². The molecule has 1 fully saturated rings. The SMILES string of the molecule is CC(C1CC1)N(C)C(=O)Nc1ccc(C(=O)O)cc1Cl. The van der Waals surface area contributed by atoms with Crippen LogP contribution in [0, 0.1) is 5.92 Å². The monoisotopic (exact) mass is 296 g/mol. The summed E-state index contributed by atoms with van der Waals surface area (Å²) >= 11 is 5.98. The third-order valence-corrected chi connectivity index (χ3v) is 4.01. The summed E-state index contributed by atoms with van der Waals surface area (Å²) in [6.07, 6.45) is 2.32. The number of nitrogens with one attached hydrogen (secondary N) is 1. The van der Waals surface area contributed by atoms with Crippen LogP contribution >= 0.6 is 11.6 Å². The van der Waals surface area contributed by atoms with Crippen molar-refractivity contribution < 1.29 is 14.7 Å². The molecule has 0 aromatic heterocycles. The zero-order valence-electron chi connectivity index (χ0n) is 11.4. The van der Waals surface area contributed by atoms with Crippen molar-refractivity contribution >= 4 is 29.3 Å². The fourth-order valence-corrected chi connectivity index (χ4v) is 2.26. The zero-order valence-corrected chi connectivity index (χ0v) is 12.1. The molecule has 0 radical (unpaired) electrons. The van der Waals surface area contributed by atoms with E-state index in [2.05, 4.69) is 5.32 Å². The van der Waals surface area contributed by atoms with Gasteiger partial charge in [-0.2, -0.15) is 0 Å². The van der Waals surface area contributed by atoms with E-state index in [1.54, 1.807) is 11.9 Å². The third kappa shape index (κ3) is 3.22. The van der Waals surface area contributed by atoms with Gasteiger partial charge in [-0.3, -0.25) is 0 Å². The van der Waals surface area contributed by atoms with Gasteiger partial charge >= 0.3 is 12.0 Å². The fraction of sp³-hybridized carbons (Fsp3) is 0.429. The summed E-state index contributed by atoms with van der Waals surface area (Å²) in [5.74, 6) is -0.472. The van der Waals surface area contributed by atoms with E-state index in [9.17, 15) is 9.59 Å². The first-order valence-electron chi connectivity index (χ1n) is 6.47. The number of carbonyl (C=O) groups excluding carboxylic acids is 1. The molecular weight excluding hydrogens is 280 g/mol. The molecule has 2 rings (SSSR count). The lowest BCUT2D eigenvalue weighted by Gasteiger charge is -2.25. The number of nitrogens with zero attached hydrogens (tertiary/aromatic N) is 1. The van der Waals surface area contributed by atoms with Crippen molar-refractivity contribution in [2.75, 3.05) is 12.4 Å². The quantitative estimate of drug-likeness (QED) is 0.895. The maximum absolute atomic E-state index is 12.1. The van der Waals surface area contributed by atoms with Gasteiger partial charge in [0.15, 0.2) is 0 Å². The van der Waals surface area contributed by atoms with E-state index in [1.807, 2.05) is 6.92 Å². The van der Waals surface area contributed by atoms with Crippen molar-refractivity contribution in [2.45, 2.75) is 25.8 Å². The Labute approximate surface area is 122 Å². The maximum Gasteiger partial charge on any atom is 0.335 e. The Balaban J connectivity index is 2.05. The predicted molar refractivity (Wildman–Crippen MR) is 77.4 cm³/mol. The van der Waals surface area contributed by atoms with E-state index in [4.69, 9.17) is 16.7 Å². The second kappa shape index (κ2) is 5.71. The molecule has 1 saturated carbocycles. The van der Waals surface area contributed by atoms with Crippen molar-refractivity contribution in [3.8, 4) is 0 Å². The van der Waals surface area contributed by atoms with Crippen LogP contribution in [0.2, 0.25) is 5.02 Å². The molecule has 6 heteroatoms. The molecule has 0 saturated heterocycles. The summed E-state index contributed by atoms with van der Waals surface area (Å²) in [6.45, 7) is 2.02. The molecule has 1 atom stereocenters. The first-order chi connectivity index (χ1) is 9.40. The molecule has 5 nitrogen and oxygen atoms in total. The Hall–Kier alpha value is -1.75. The first kappa shape index (κ1) is 14.7. The molecule has 108 valence electrons. The average Bonchev–Trinajstić information content (AvgIpc) is 3.23. The molecular formula is C14H17ClN2O3. The fourth-order valence-electron chi connectivity index (χ4n) is 2.03. The highest BCUT2D eigenvalue weighted by Crippen LogP contribution is 2.35. The molecule has 1 aromatic rings. The Kier molecular flexibility index (Phi) is 4.18. The van der Waals surface area contributed by atoms with Crippen molar-refractivity contribution in [1.29, 1.82) is 0 Å². The highest BCUT2D eigenvalue weighted by atomic mass is 35.5. The van der Waals surface area contributed by atoms with Gasteiger partial charge in [0.2, 0.25) is 0 Å². The summed E-state index contributed by atoms with van der Waals surface area (Å²) in [5, 5.41) is 11.8. The van der Waals surface area contributed by atoms with Crippen LogP contribution in [0.3, 0.4) is 0 Å². The van der Waals surface area contributed by atoms with Crippen LogP contribution in [0.5, 0.6) is 0 Å². The van der Waals surface area contributed by atoms with Crippen LogP contribution in [-0.2, 0) is 0 Å². The van der Waals surface area contributed by atoms with E-state index in [0.717, 1.165) is 12.8 Å². The number of halogens is 1. The van der Waals surface area contributed by atoms with Crippen molar-refractivity contribution in [1.82, 2.24) is 4.90 Å². The number of benzene rings is 1. The number of amides is 2. The van der Waals surface area contributed by atoms with Crippen molar-refractivity contribution in [3.05, 3.63) is 28.8 Å². The standard InChI is InChI=1S/C14H17ClN2O3/c1-8(9-3-4-9)17(2)14(20)16-12-6-5-10(13(18)19)7-11(12)15/h5-9H,3-4H2,1-2H3,(H,16,20)(H,18,19). The van der Waals surface area contributed by atoms with Crippen LogP contribution in [-0.4, -0.2) is 35.1 Å². The minimum absolute atomic E-state index is 0.0905. The van der Waals surface area contributed by atoms with Gasteiger partial charge in [0.25, 0.3) is 0 Å². The van der Waals surface area contributed by atoms with Crippen molar-refractivity contribution in [2.24, 2.45) is 5.92 Å². The maximum atomic E-state index is 12.1. The molecule has 1 unspecified atom stereocenters. The second-order valence-electron chi connectivity index (χ2n) is 5.12. The number of hydrogen-bond acceptors (Lipinski definition) is 2. The third-order valence-electron chi connectivity index (χ3n) is 3.69. The van der Waals surface area contributed by atoms with E-state index in [0.29, 0.717) is 11.6 Å². The molecule has 1 aliphatic rings. The lowest BCUT2D eigenvalue weighted by atomic mass is 10.2. The lowest BCUT2D eigenvalue weighted by Crippen LogP contribution is -2.39. The summed E-state index contributed by atoms with van der Waals surface area (Å²) in [4.78, 5) is 24.6. The summed E-state index contributed by atoms with van der Waals surface area (Å²) < 4.78 is 0. The molecule has 2 N–H and O–H groups in total. The number of carbonyl (C=O) groups is 2. The van der Waals surface area contributed by atoms with Gasteiger partial charge in [0.05, 0.1) is 16.3 Å². The number of urea groups is 1. The summed E-state index contributed by atoms with van der Waals surface area (Å²) in [7, 11) is 1.75. The molecule has 0 bridgehead atoms. The Morgan fingerprint density at radius 3 is 2.60 bits per heavy atom. The molecule has 0 aliphatic heterocycles. The van der Waals surface area contributed by atoms with Crippen LogP contribution in [0.4, 0.5) is 10.5 Å². The molecule has 1 aromatic carbocycles. The highest BCUT2D eigenvalue weighted by Gasteiger charge is 2.32. The van der Waals surface area contributed by atoms with Gasteiger partial charge in [-0.15, -0.1) is 0 Å². The number of hydrogen-bond donors (Lipinski definition) is 2. The van der Waals surface area contributed by atoms with Gasteiger partial charge in [0, 0.05) is 13.1 Å². The number of carboxylic acids is 1. The van der Waals surface area contributed by atoms with Crippen molar-refractivity contribution in [3.63, 3.8) is 0 Å². The Bertz CT molecular complexity index is 543. The normalized spacial score (nSPS) is 15.6. The second-order valence-corrected chi connectivity index (χ2v) is 5.53. The van der Waals surface area contributed by atoms with E-state index in [-0.39, 0.29) is 22.7 Å². The predicted octanol–water partition coefficient (Wildman–Crippen LogP) is 3.30. The number of anilines is 1. The number of rotatable bonds is 4. The topological polar surface area (TPSA) is 69.6 Å². The van der Waals surface area contributed by atoms with Gasteiger partial charge in [0.1, 0.15) is 0 Å². The lowest BCUT2D eigenvalue weighted by molar-refractivity contribution is 0.0697. The van der Waals surface area contributed by atoms with E-state index >= 15 is 0 Å².